The van der Waals surface area contributed by atoms with E-state index in [1.807, 2.05) is 30.3 Å². The summed E-state index contributed by atoms with van der Waals surface area (Å²) in [4.78, 5) is 52.3. The van der Waals surface area contributed by atoms with Gasteiger partial charge in [-0.05, 0) is 29.0 Å². The molecule has 0 saturated carbocycles. The molecule has 0 atom stereocenters. The Balaban J connectivity index is 1.39. The maximum atomic E-state index is 12.9. The Morgan fingerprint density at radius 3 is 2.17 bits per heavy atom. The first-order valence-electron chi connectivity index (χ1n) is 10.9. The normalized spacial score (nSPS) is 12.6. The average Bonchev–Trinajstić information content (AvgIpc) is 3.16. The SMILES string of the molecule is COc1cc(N2C(=O)c3ccccc3C2=O)c(Cl)cc1C(=O)OCC(=O)c1cccc2ccccc12. The van der Waals surface area contributed by atoms with E-state index in [1.165, 1.54) is 19.2 Å². The lowest BCUT2D eigenvalue weighted by atomic mass is 10.0. The molecule has 1 aliphatic heterocycles. The molecule has 1 aliphatic rings. The quantitative estimate of drug-likeness (QED) is 0.202. The van der Waals surface area contributed by atoms with Crippen molar-refractivity contribution in [3.05, 3.63) is 106 Å². The molecular weight excluding hydrogens is 482 g/mol. The number of methoxy groups -OCH3 is 1. The molecule has 1 heterocycles. The maximum absolute atomic E-state index is 12.9. The van der Waals surface area contributed by atoms with Gasteiger partial charge in [0.05, 0.1) is 28.9 Å². The number of fused-ring (bicyclic) bond motifs is 2. The minimum atomic E-state index is -0.837. The highest BCUT2D eigenvalue weighted by atomic mass is 35.5. The van der Waals surface area contributed by atoms with Gasteiger partial charge in [-0.25, -0.2) is 9.69 Å². The van der Waals surface area contributed by atoms with Crippen LogP contribution in [0.15, 0.2) is 78.9 Å². The summed E-state index contributed by atoms with van der Waals surface area (Å²) in [7, 11) is 1.33. The van der Waals surface area contributed by atoms with E-state index in [0.29, 0.717) is 5.56 Å². The Labute approximate surface area is 210 Å². The van der Waals surface area contributed by atoms with Crippen molar-refractivity contribution in [2.45, 2.75) is 0 Å². The van der Waals surface area contributed by atoms with Crippen molar-refractivity contribution in [1.82, 2.24) is 0 Å². The highest BCUT2D eigenvalue weighted by molar-refractivity contribution is 6.40. The summed E-state index contributed by atoms with van der Waals surface area (Å²) in [6, 6.07) is 21.8. The second kappa shape index (κ2) is 9.28. The van der Waals surface area contributed by atoms with Gasteiger partial charge in [-0.2, -0.15) is 0 Å². The third-order valence-electron chi connectivity index (χ3n) is 5.95. The van der Waals surface area contributed by atoms with Gasteiger partial charge in [0.15, 0.2) is 6.61 Å². The number of esters is 1. The van der Waals surface area contributed by atoms with Crippen LogP contribution >= 0.6 is 11.6 Å². The maximum Gasteiger partial charge on any atom is 0.342 e. The molecule has 5 rings (SSSR count). The van der Waals surface area contributed by atoms with Crippen molar-refractivity contribution in [2.75, 3.05) is 18.6 Å². The minimum absolute atomic E-state index is 0.0300. The first kappa shape index (κ1) is 23.3. The number of benzene rings is 4. The fourth-order valence-corrected chi connectivity index (χ4v) is 4.45. The number of halogens is 1. The monoisotopic (exact) mass is 499 g/mol. The van der Waals surface area contributed by atoms with E-state index in [0.717, 1.165) is 15.7 Å². The molecule has 4 aromatic carbocycles. The summed E-state index contributed by atoms with van der Waals surface area (Å²) in [5.41, 5.74) is 0.976. The van der Waals surface area contributed by atoms with Gasteiger partial charge in [-0.3, -0.25) is 14.4 Å². The molecule has 36 heavy (non-hydrogen) atoms. The minimum Gasteiger partial charge on any atom is -0.496 e. The molecule has 8 heteroatoms. The molecule has 0 radical (unpaired) electrons. The second-order valence-electron chi connectivity index (χ2n) is 8.02. The fourth-order valence-electron chi connectivity index (χ4n) is 4.21. The number of nitrogens with zero attached hydrogens (tertiary/aromatic N) is 1. The van der Waals surface area contributed by atoms with Crippen LogP contribution in [0.25, 0.3) is 10.8 Å². The number of carbonyl (C=O) groups excluding carboxylic acids is 4. The number of Topliss-reactive ketones (excluding diaryl/α,β-unsaturated/α-hetero) is 1. The van der Waals surface area contributed by atoms with Crippen LogP contribution in [0.5, 0.6) is 5.75 Å². The van der Waals surface area contributed by atoms with Crippen molar-refractivity contribution in [2.24, 2.45) is 0 Å². The Morgan fingerprint density at radius 1 is 0.833 bits per heavy atom. The van der Waals surface area contributed by atoms with Crippen LogP contribution in [-0.4, -0.2) is 37.3 Å². The Morgan fingerprint density at radius 2 is 1.47 bits per heavy atom. The third kappa shape index (κ3) is 3.89. The van der Waals surface area contributed by atoms with Crippen molar-refractivity contribution < 1.29 is 28.7 Å². The van der Waals surface area contributed by atoms with Crippen molar-refractivity contribution in [3.8, 4) is 5.75 Å². The number of hydrogen-bond acceptors (Lipinski definition) is 6. The number of ether oxygens (including phenoxy) is 2. The summed E-state index contributed by atoms with van der Waals surface area (Å²) in [5, 5.41) is 1.62. The second-order valence-corrected chi connectivity index (χ2v) is 8.43. The highest BCUT2D eigenvalue weighted by Gasteiger charge is 2.38. The molecule has 0 aromatic heterocycles. The van der Waals surface area contributed by atoms with Crippen molar-refractivity contribution >= 4 is 51.6 Å². The zero-order chi connectivity index (χ0) is 25.4. The number of ketones is 1. The number of amides is 2. The van der Waals surface area contributed by atoms with Crippen LogP contribution in [0.3, 0.4) is 0 Å². The molecule has 0 spiro atoms. The van der Waals surface area contributed by atoms with Gasteiger partial charge < -0.3 is 9.47 Å². The molecule has 0 fully saturated rings. The number of anilines is 1. The molecule has 0 saturated heterocycles. The van der Waals surface area contributed by atoms with E-state index in [1.54, 1.807) is 36.4 Å². The number of hydrogen-bond donors (Lipinski definition) is 0. The zero-order valence-electron chi connectivity index (χ0n) is 19.0. The van der Waals surface area contributed by atoms with Crippen molar-refractivity contribution in [3.63, 3.8) is 0 Å². The summed E-state index contributed by atoms with van der Waals surface area (Å²) in [5.74, 6) is -2.23. The van der Waals surface area contributed by atoms with Crippen LogP contribution in [0.1, 0.15) is 41.4 Å². The van der Waals surface area contributed by atoms with E-state index in [4.69, 9.17) is 21.1 Å². The lowest BCUT2D eigenvalue weighted by Crippen LogP contribution is -2.29. The smallest absolute Gasteiger partial charge is 0.342 e. The first-order chi connectivity index (χ1) is 17.4. The summed E-state index contributed by atoms with van der Waals surface area (Å²) in [6.45, 7) is -0.492. The van der Waals surface area contributed by atoms with Gasteiger partial charge in [-0.15, -0.1) is 0 Å². The van der Waals surface area contributed by atoms with Crippen LogP contribution in [0, 0.1) is 0 Å². The number of carbonyl (C=O) groups is 4. The van der Waals surface area contributed by atoms with E-state index in [9.17, 15) is 19.2 Å². The van der Waals surface area contributed by atoms with E-state index in [2.05, 4.69) is 0 Å². The fraction of sp³-hybridized carbons (Fsp3) is 0.0714. The summed E-state index contributed by atoms with van der Waals surface area (Å²) < 4.78 is 10.6. The molecule has 7 nitrogen and oxygen atoms in total. The topological polar surface area (TPSA) is 90.0 Å². The third-order valence-corrected chi connectivity index (χ3v) is 6.25. The first-order valence-corrected chi connectivity index (χ1v) is 11.3. The van der Waals surface area contributed by atoms with Crippen LogP contribution < -0.4 is 9.64 Å². The van der Waals surface area contributed by atoms with Gasteiger partial charge in [-0.1, -0.05) is 66.2 Å². The Kier molecular flexibility index (Phi) is 6.00. The zero-order valence-corrected chi connectivity index (χ0v) is 19.7. The van der Waals surface area contributed by atoms with Crippen LogP contribution in [0.2, 0.25) is 5.02 Å². The predicted octanol–water partition coefficient (Wildman–Crippen LogP) is 5.34. The molecule has 0 N–H and O–H groups in total. The van der Waals surface area contributed by atoms with E-state index < -0.39 is 24.4 Å². The van der Waals surface area contributed by atoms with Crippen molar-refractivity contribution in [1.29, 1.82) is 0 Å². The average molecular weight is 500 g/mol. The summed E-state index contributed by atoms with van der Waals surface area (Å²) >= 11 is 6.40. The largest absolute Gasteiger partial charge is 0.496 e. The van der Waals surface area contributed by atoms with E-state index in [-0.39, 0.29) is 38.9 Å². The van der Waals surface area contributed by atoms with Gasteiger partial charge in [0.2, 0.25) is 5.78 Å². The predicted molar refractivity (Wildman–Crippen MR) is 134 cm³/mol. The lowest BCUT2D eigenvalue weighted by Gasteiger charge is -2.18. The van der Waals surface area contributed by atoms with Gasteiger partial charge in [0.1, 0.15) is 11.3 Å². The molecule has 178 valence electrons. The molecule has 0 bridgehead atoms. The van der Waals surface area contributed by atoms with E-state index >= 15 is 0 Å². The Bertz CT molecular complexity index is 1540. The van der Waals surface area contributed by atoms with Crippen LogP contribution in [-0.2, 0) is 4.74 Å². The molecule has 0 unspecified atom stereocenters. The molecular formula is C28H18ClNO6. The Hall–Kier alpha value is -4.49. The lowest BCUT2D eigenvalue weighted by molar-refractivity contribution is 0.0472. The van der Waals surface area contributed by atoms with Crippen LogP contribution in [0.4, 0.5) is 5.69 Å². The highest BCUT2D eigenvalue weighted by Crippen LogP contribution is 2.38. The standard InChI is InChI=1S/C28H18ClNO6/c1-35-25-14-23(30-26(32)19-10-4-5-11-20(19)27(30)33)22(29)13-21(25)28(34)36-15-24(31)18-12-6-8-16-7-2-3-9-17(16)18/h2-14H,15H2,1H3. The summed E-state index contributed by atoms with van der Waals surface area (Å²) in [6.07, 6.45) is 0. The molecule has 4 aromatic rings. The van der Waals surface area contributed by atoms with Gasteiger partial charge in [0, 0.05) is 11.6 Å². The molecule has 2 amide bonds. The number of imide groups is 1. The van der Waals surface area contributed by atoms with Gasteiger partial charge in [0.25, 0.3) is 11.8 Å². The molecule has 0 aliphatic carbocycles. The van der Waals surface area contributed by atoms with Gasteiger partial charge >= 0.3 is 5.97 Å². The number of rotatable bonds is 6.